The first kappa shape index (κ1) is 25.4. The molecule has 0 bridgehead atoms. The quantitative estimate of drug-likeness (QED) is 0.144. The summed E-state index contributed by atoms with van der Waals surface area (Å²) in [4.78, 5) is 0. The van der Waals surface area contributed by atoms with E-state index in [1.54, 1.807) is 0 Å². The highest BCUT2D eigenvalue weighted by Gasteiger charge is 2.20. The summed E-state index contributed by atoms with van der Waals surface area (Å²) < 4.78 is 0. The van der Waals surface area contributed by atoms with Crippen LogP contribution in [0.15, 0.2) is 170 Å². The second-order valence-corrected chi connectivity index (χ2v) is 12.5. The molecule has 46 heavy (non-hydrogen) atoms. The van der Waals surface area contributed by atoms with Crippen LogP contribution in [0.5, 0.6) is 0 Å². The third-order valence-electron chi connectivity index (χ3n) is 9.94. The van der Waals surface area contributed by atoms with Crippen molar-refractivity contribution in [3.8, 4) is 33.4 Å². The molecule has 10 rings (SSSR count). The van der Waals surface area contributed by atoms with Gasteiger partial charge < -0.3 is 0 Å². The summed E-state index contributed by atoms with van der Waals surface area (Å²) in [7, 11) is 0. The van der Waals surface area contributed by atoms with Crippen molar-refractivity contribution in [1.82, 2.24) is 0 Å². The standard InChI is InChI=1S/C46H28/c1-2-11-32-26-34(25-22-29(32)10-1)33-14-8-15-35(27-33)44-37-17-3-5-19-39(37)46(40-20-6-4-18-38(40)44)42-28-36-16-7-12-30-23-24-31-13-9-21-41(42)45(31)43(30)36/h1-28H. The van der Waals surface area contributed by atoms with Crippen molar-refractivity contribution in [2.75, 3.05) is 0 Å². The van der Waals surface area contributed by atoms with Crippen molar-refractivity contribution in [2.45, 2.75) is 0 Å². The van der Waals surface area contributed by atoms with Gasteiger partial charge in [-0.05, 0) is 116 Å². The molecule has 0 heteroatoms. The Morgan fingerprint density at radius 3 is 1.50 bits per heavy atom. The maximum atomic E-state index is 2.43. The van der Waals surface area contributed by atoms with E-state index in [-0.39, 0.29) is 0 Å². The topological polar surface area (TPSA) is 0 Å². The lowest BCUT2D eigenvalue weighted by atomic mass is 9.82. The third-order valence-corrected chi connectivity index (χ3v) is 9.94. The van der Waals surface area contributed by atoms with Gasteiger partial charge in [-0.25, -0.2) is 0 Å². The smallest absolute Gasteiger partial charge is 0.00199 e. The van der Waals surface area contributed by atoms with Crippen molar-refractivity contribution in [1.29, 1.82) is 0 Å². The molecule has 0 radical (unpaired) electrons. The average Bonchev–Trinajstić information content (AvgIpc) is 3.12. The lowest BCUT2D eigenvalue weighted by molar-refractivity contribution is 1.63. The molecule has 0 heterocycles. The minimum atomic E-state index is 1.23. The summed E-state index contributed by atoms with van der Waals surface area (Å²) in [5, 5.41) is 15.5. The first-order valence-electron chi connectivity index (χ1n) is 16.0. The Labute approximate surface area is 267 Å². The van der Waals surface area contributed by atoms with E-state index in [0.717, 1.165) is 0 Å². The first-order chi connectivity index (χ1) is 22.8. The van der Waals surface area contributed by atoms with Crippen molar-refractivity contribution in [2.24, 2.45) is 0 Å². The van der Waals surface area contributed by atoms with Gasteiger partial charge in [0.25, 0.3) is 0 Å². The Hall–Kier alpha value is -5.98. The Morgan fingerprint density at radius 2 is 0.739 bits per heavy atom. The van der Waals surface area contributed by atoms with Gasteiger partial charge in [0.1, 0.15) is 0 Å². The molecular formula is C46H28. The molecule has 0 fully saturated rings. The lowest BCUT2D eigenvalue weighted by Gasteiger charge is -2.20. The Bertz CT molecular complexity index is 2740. The Balaban J connectivity index is 1.28. The van der Waals surface area contributed by atoms with Gasteiger partial charge in [0, 0.05) is 0 Å². The summed E-state index contributed by atoms with van der Waals surface area (Å²) in [5.74, 6) is 0. The summed E-state index contributed by atoms with van der Waals surface area (Å²) in [6.07, 6.45) is 0. The molecule has 10 aromatic rings. The van der Waals surface area contributed by atoms with E-state index in [4.69, 9.17) is 0 Å². The van der Waals surface area contributed by atoms with Gasteiger partial charge in [0.05, 0.1) is 0 Å². The predicted molar refractivity (Wildman–Crippen MR) is 199 cm³/mol. The van der Waals surface area contributed by atoms with Crippen LogP contribution in [-0.4, -0.2) is 0 Å². The minimum absolute atomic E-state index is 1.23. The zero-order chi connectivity index (χ0) is 30.2. The van der Waals surface area contributed by atoms with Crippen LogP contribution in [0.2, 0.25) is 0 Å². The van der Waals surface area contributed by atoms with Gasteiger partial charge in [-0.3, -0.25) is 0 Å². The van der Waals surface area contributed by atoms with Crippen LogP contribution in [0.25, 0.3) is 98.0 Å². The summed E-state index contributed by atoms with van der Waals surface area (Å²) in [6.45, 7) is 0. The molecule has 0 aromatic heterocycles. The van der Waals surface area contributed by atoms with Crippen LogP contribution >= 0.6 is 0 Å². The molecule has 0 N–H and O–H groups in total. The molecule has 0 aliphatic rings. The highest BCUT2D eigenvalue weighted by molar-refractivity contribution is 6.30. The fourth-order valence-corrected chi connectivity index (χ4v) is 7.92. The van der Waals surface area contributed by atoms with Crippen LogP contribution in [0.3, 0.4) is 0 Å². The third kappa shape index (κ3) is 3.68. The van der Waals surface area contributed by atoms with E-state index >= 15 is 0 Å². The Morgan fingerprint density at radius 1 is 0.239 bits per heavy atom. The molecule has 0 unspecified atom stereocenters. The maximum Gasteiger partial charge on any atom is -0.00199 e. The number of fused-ring (bicyclic) bond motifs is 3. The molecular weight excluding hydrogens is 553 g/mol. The average molecular weight is 581 g/mol. The predicted octanol–water partition coefficient (Wildman–Crippen LogP) is 13.0. The van der Waals surface area contributed by atoms with Crippen LogP contribution in [0, 0.1) is 0 Å². The second-order valence-electron chi connectivity index (χ2n) is 12.5. The van der Waals surface area contributed by atoms with E-state index in [1.807, 2.05) is 0 Å². The number of hydrogen-bond donors (Lipinski definition) is 0. The molecule has 0 spiro atoms. The van der Waals surface area contributed by atoms with Gasteiger partial charge in [0.15, 0.2) is 0 Å². The monoisotopic (exact) mass is 580 g/mol. The molecule has 10 aromatic carbocycles. The van der Waals surface area contributed by atoms with Gasteiger partial charge in [0.2, 0.25) is 0 Å². The molecule has 0 saturated heterocycles. The van der Waals surface area contributed by atoms with Crippen molar-refractivity contribution in [3.63, 3.8) is 0 Å². The van der Waals surface area contributed by atoms with Gasteiger partial charge in [-0.2, -0.15) is 0 Å². The highest BCUT2D eigenvalue weighted by atomic mass is 14.2. The van der Waals surface area contributed by atoms with Crippen molar-refractivity contribution >= 4 is 64.6 Å². The van der Waals surface area contributed by atoms with E-state index < -0.39 is 0 Å². The lowest BCUT2D eigenvalue weighted by Crippen LogP contribution is -1.93. The van der Waals surface area contributed by atoms with Crippen molar-refractivity contribution < 1.29 is 0 Å². The number of rotatable bonds is 3. The summed E-state index contributed by atoms with van der Waals surface area (Å²) in [6, 6.07) is 62.9. The SMILES string of the molecule is c1cc(-c2ccc3ccccc3c2)cc(-c2c3ccccc3c(-c3cc4cccc5ccc6cccc3c6c54)c3ccccc23)c1. The normalized spacial score (nSPS) is 11.9. The zero-order valence-electron chi connectivity index (χ0n) is 25.2. The number of hydrogen-bond acceptors (Lipinski definition) is 0. The summed E-state index contributed by atoms with van der Waals surface area (Å²) in [5.41, 5.74) is 7.58. The van der Waals surface area contributed by atoms with E-state index in [2.05, 4.69) is 170 Å². The number of benzene rings is 10. The van der Waals surface area contributed by atoms with Gasteiger partial charge in [-0.1, -0.05) is 152 Å². The fraction of sp³-hybridized carbons (Fsp3) is 0. The van der Waals surface area contributed by atoms with Crippen LogP contribution in [0.1, 0.15) is 0 Å². The molecule has 0 atom stereocenters. The van der Waals surface area contributed by atoms with Gasteiger partial charge >= 0.3 is 0 Å². The van der Waals surface area contributed by atoms with Crippen LogP contribution in [-0.2, 0) is 0 Å². The Kier molecular flexibility index (Phi) is 5.38. The first-order valence-corrected chi connectivity index (χ1v) is 16.0. The van der Waals surface area contributed by atoms with E-state index in [0.29, 0.717) is 0 Å². The molecule has 0 nitrogen and oxygen atoms in total. The minimum Gasteiger partial charge on any atom is -0.0616 e. The molecule has 0 amide bonds. The molecule has 0 aliphatic carbocycles. The fourth-order valence-electron chi connectivity index (χ4n) is 7.92. The molecule has 212 valence electrons. The highest BCUT2D eigenvalue weighted by Crippen LogP contribution is 2.48. The molecule has 0 aliphatic heterocycles. The zero-order valence-corrected chi connectivity index (χ0v) is 25.2. The van der Waals surface area contributed by atoms with Gasteiger partial charge in [-0.15, -0.1) is 0 Å². The maximum absolute atomic E-state index is 2.43. The second kappa shape index (κ2) is 9.76. The van der Waals surface area contributed by atoms with Crippen LogP contribution in [0.4, 0.5) is 0 Å². The largest absolute Gasteiger partial charge is 0.0616 e. The van der Waals surface area contributed by atoms with E-state index in [1.165, 1.54) is 98.0 Å². The van der Waals surface area contributed by atoms with E-state index in [9.17, 15) is 0 Å². The molecule has 0 saturated carbocycles. The summed E-state index contributed by atoms with van der Waals surface area (Å²) >= 11 is 0. The van der Waals surface area contributed by atoms with Crippen LogP contribution < -0.4 is 0 Å². The van der Waals surface area contributed by atoms with Crippen molar-refractivity contribution in [3.05, 3.63) is 170 Å².